The molecule has 1 fully saturated rings. The molecule has 8 heteroatoms. The standard InChI is InChI=1S/C10H14N2O5S/c13-9-6-12(18(16,17)11-9)8-4-2-1-3-7(8)5-10(14)15/h1-4,9,11,13,16-17H,5-6H2,(H,14,15). The molecule has 18 heavy (non-hydrogen) atoms. The molecule has 0 amide bonds. The summed E-state index contributed by atoms with van der Waals surface area (Å²) in [5.74, 6) is -1.01. The van der Waals surface area contributed by atoms with Crippen LogP contribution in [0.5, 0.6) is 0 Å². The van der Waals surface area contributed by atoms with Gasteiger partial charge in [0.05, 0.1) is 18.7 Å². The largest absolute Gasteiger partial charge is 0.481 e. The first kappa shape index (κ1) is 13.1. The SMILES string of the molecule is O=C(O)Cc1ccccc1N1CC(O)NS1(O)O. The number of carbonyl (C=O) groups is 1. The summed E-state index contributed by atoms with van der Waals surface area (Å²) in [7, 11) is -3.31. The van der Waals surface area contributed by atoms with E-state index in [9.17, 15) is 19.0 Å². The van der Waals surface area contributed by atoms with Gasteiger partial charge in [0.1, 0.15) is 6.23 Å². The molecule has 0 aromatic heterocycles. The Balaban J connectivity index is 2.36. The van der Waals surface area contributed by atoms with Gasteiger partial charge < -0.3 is 10.2 Å². The number of nitrogens with one attached hydrogen (secondary N) is 1. The molecule has 2 rings (SSSR count). The zero-order valence-corrected chi connectivity index (χ0v) is 10.2. The highest BCUT2D eigenvalue weighted by atomic mass is 32.3. The van der Waals surface area contributed by atoms with Crippen LogP contribution in [0.4, 0.5) is 5.69 Å². The van der Waals surface area contributed by atoms with Gasteiger partial charge in [-0.05, 0) is 11.6 Å². The number of rotatable bonds is 3. The highest BCUT2D eigenvalue weighted by Gasteiger charge is 2.35. The number of benzene rings is 1. The lowest BCUT2D eigenvalue weighted by Crippen LogP contribution is -2.26. The predicted molar refractivity (Wildman–Crippen MR) is 67.1 cm³/mol. The normalized spacial score (nSPS) is 23.9. The maximum Gasteiger partial charge on any atom is 0.307 e. The first-order valence-corrected chi connectivity index (χ1v) is 6.71. The first-order valence-electron chi connectivity index (χ1n) is 5.21. The van der Waals surface area contributed by atoms with Crippen molar-refractivity contribution in [1.82, 2.24) is 4.72 Å². The molecule has 0 saturated carbocycles. The summed E-state index contributed by atoms with van der Waals surface area (Å²) < 4.78 is 23.0. The molecule has 1 aliphatic rings. The van der Waals surface area contributed by atoms with Gasteiger partial charge in [-0.1, -0.05) is 29.2 Å². The molecule has 1 aromatic carbocycles. The van der Waals surface area contributed by atoms with Crippen molar-refractivity contribution in [3.8, 4) is 0 Å². The zero-order valence-electron chi connectivity index (χ0n) is 9.35. The Bertz CT molecular complexity index is 467. The van der Waals surface area contributed by atoms with Crippen molar-refractivity contribution in [2.75, 3.05) is 10.8 Å². The molecule has 0 spiro atoms. The van der Waals surface area contributed by atoms with E-state index in [4.69, 9.17) is 5.11 Å². The molecule has 1 atom stereocenters. The Kier molecular flexibility index (Phi) is 3.46. The smallest absolute Gasteiger partial charge is 0.307 e. The third-order valence-corrected chi connectivity index (χ3v) is 4.09. The molecular weight excluding hydrogens is 260 g/mol. The van der Waals surface area contributed by atoms with E-state index >= 15 is 0 Å². The number of hydrogen-bond acceptors (Lipinski definition) is 6. The quantitative estimate of drug-likeness (QED) is 0.549. The molecule has 1 aromatic rings. The lowest BCUT2D eigenvalue weighted by molar-refractivity contribution is -0.136. The van der Waals surface area contributed by atoms with Gasteiger partial charge in [0.2, 0.25) is 0 Å². The Morgan fingerprint density at radius 2 is 2.11 bits per heavy atom. The summed E-state index contributed by atoms with van der Waals surface area (Å²) in [6.07, 6.45) is -1.29. The van der Waals surface area contributed by atoms with Crippen LogP contribution in [0, 0.1) is 0 Å². The fourth-order valence-corrected chi connectivity index (χ4v) is 3.21. The molecule has 0 aliphatic carbocycles. The predicted octanol–water partition coefficient (Wildman–Crippen LogP) is 0.622. The van der Waals surface area contributed by atoms with Gasteiger partial charge in [0.25, 0.3) is 0 Å². The van der Waals surface area contributed by atoms with E-state index < -0.39 is 23.2 Å². The molecule has 7 nitrogen and oxygen atoms in total. The Morgan fingerprint density at radius 1 is 1.44 bits per heavy atom. The molecule has 1 heterocycles. The van der Waals surface area contributed by atoms with Crippen LogP contribution in [-0.4, -0.2) is 38.1 Å². The summed E-state index contributed by atoms with van der Waals surface area (Å²) in [6, 6.07) is 6.53. The number of carboxylic acid groups (broad SMARTS) is 1. The van der Waals surface area contributed by atoms with E-state index in [1.54, 1.807) is 24.3 Å². The average Bonchev–Trinajstić information content (AvgIpc) is 2.52. The van der Waals surface area contributed by atoms with Gasteiger partial charge in [0.15, 0.2) is 0 Å². The van der Waals surface area contributed by atoms with Crippen LogP contribution in [0.3, 0.4) is 0 Å². The van der Waals surface area contributed by atoms with E-state index in [1.165, 1.54) is 4.31 Å². The topological polar surface area (TPSA) is 113 Å². The van der Waals surface area contributed by atoms with Crippen molar-refractivity contribution in [3.05, 3.63) is 29.8 Å². The van der Waals surface area contributed by atoms with Crippen LogP contribution in [0.25, 0.3) is 0 Å². The molecule has 100 valence electrons. The van der Waals surface area contributed by atoms with Gasteiger partial charge in [0, 0.05) is 0 Å². The van der Waals surface area contributed by atoms with E-state index in [0.717, 1.165) is 0 Å². The number of nitrogens with zero attached hydrogens (tertiary/aromatic N) is 1. The third kappa shape index (κ3) is 2.57. The number of aliphatic hydroxyl groups excluding tert-OH is 1. The number of aliphatic carboxylic acids is 1. The van der Waals surface area contributed by atoms with Crippen LogP contribution in [0.2, 0.25) is 0 Å². The van der Waals surface area contributed by atoms with Crippen LogP contribution in [0.15, 0.2) is 24.3 Å². The van der Waals surface area contributed by atoms with Gasteiger partial charge in [-0.3, -0.25) is 18.2 Å². The van der Waals surface area contributed by atoms with Crippen LogP contribution in [-0.2, 0) is 11.2 Å². The van der Waals surface area contributed by atoms with Crippen molar-refractivity contribution in [1.29, 1.82) is 0 Å². The van der Waals surface area contributed by atoms with Crippen molar-refractivity contribution in [2.45, 2.75) is 12.6 Å². The van der Waals surface area contributed by atoms with E-state index in [2.05, 4.69) is 4.72 Å². The molecule has 1 aliphatic heterocycles. The van der Waals surface area contributed by atoms with Crippen molar-refractivity contribution >= 4 is 22.6 Å². The van der Waals surface area contributed by atoms with Crippen LogP contribution >= 0.6 is 11.0 Å². The second-order valence-electron chi connectivity index (χ2n) is 3.91. The zero-order chi connectivity index (χ0) is 13.3. The third-order valence-electron chi connectivity index (χ3n) is 2.54. The molecule has 1 saturated heterocycles. The fraction of sp³-hybridized carbons (Fsp3) is 0.300. The van der Waals surface area contributed by atoms with Crippen LogP contribution in [0.1, 0.15) is 5.56 Å². The van der Waals surface area contributed by atoms with Gasteiger partial charge in [-0.25, -0.2) is 0 Å². The molecular formula is C10H14N2O5S. The number of carboxylic acids is 1. The summed E-state index contributed by atoms with van der Waals surface area (Å²) >= 11 is 0. The number of β-amino-alcohol motifs (C(OH)–C–C–N with tert-alkyl or cyclic N) is 1. The number of anilines is 1. The number of aliphatic hydroxyl groups is 1. The second kappa shape index (κ2) is 4.75. The fourth-order valence-electron chi connectivity index (χ4n) is 1.85. The van der Waals surface area contributed by atoms with E-state index in [1.807, 2.05) is 0 Å². The average molecular weight is 274 g/mol. The monoisotopic (exact) mass is 274 g/mol. The first-order chi connectivity index (χ1) is 8.40. The number of hydrogen-bond donors (Lipinski definition) is 5. The van der Waals surface area contributed by atoms with E-state index in [0.29, 0.717) is 11.3 Å². The number of para-hydroxylation sites is 1. The van der Waals surface area contributed by atoms with Crippen molar-refractivity contribution in [3.63, 3.8) is 0 Å². The van der Waals surface area contributed by atoms with Gasteiger partial charge >= 0.3 is 5.97 Å². The molecule has 1 unspecified atom stereocenters. The Hall–Kier alpha value is -1.32. The molecule has 5 N–H and O–H groups in total. The lowest BCUT2D eigenvalue weighted by atomic mass is 10.1. The lowest BCUT2D eigenvalue weighted by Gasteiger charge is -2.37. The summed E-state index contributed by atoms with van der Waals surface area (Å²) in [5, 5.41) is 18.2. The van der Waals surface area contributed by atoms with Gasteiger partial charge in [-0.15, -0.1) is 0 Å². The van der Waals surface area contributed by atoms with Gasteiger partial charge in [-0.2, -0.15) is 4.72 Å². The van der Waals surface area contributed by atoms with Crippen molar-refractivity contribution in [2.24, 2.45) is 0 Å². The minimum absolute atomic E-state index is 0.0149. The summed E-state index contributed by atoms with van der Waals surface area (Å²) in [4.78, 5) is 10.8. The summed E-state index contributed by atoms with van der Waals surface area (Å²) in [5.41, 5.74) is 0.852. The van der Waals surface area contributed by atoms with Crippen LogP contribution < -0.4 is 9.03 Å². The summed E-state index contributed by atoms with van der Waals surface area (Å²) in [6.45, 7) is -0.0149. The highest BCUT2D eigenvalue weighted by molar-refractivity contribution is 8.24. The Morgan fingerprint density at radius 3 is 2.67 bits per heavy atom. The Labute approximate surface area is 105 Å². The van der Waals surface area contributed by atoms with Crippen molar-refractivity contribution < 1.29 is 24.1 Å². The maximum absolute atomic E-state index is 10.8. The minimum Gasteiger partial charge on any atom is -0.481 e. The molecule has 0 radical (unpaired) electrons. The second-order valence-corrected chi connectivity index (χ2v) is 5.63. The maximum atomic E-state index is 10.8. The molecule has 0 bridgehead atoms. The highest BCUT2D eigenvalue weighted by Crippen LogP contribution is 2.47. The minimum atomic E-state index is -3.31. The van der Waals surface area contributed by atoms with E-state index in [-0.39, 0.29) is 13.0 Å².